The zero-order valence-electron chi connectivity index (χ0n) is 13.7. The maximum absolute atomic E-state index is 11.7. The summed E-state index contributed by atoms with van der Waals surface area (Å²) in [6.07, 6.45) is 0.673. The van der Waals surface area contributed by atoms with Gasteiger partial charge in [0, 0.05) is 12.0 Å². The molecule has 0 aromatic heterocycles. The predicted molar refractivity (Wildman–Crippen MR) is 85.6 cm³/mol. The van der Waals surface area contributed by atoms with Crippen LogP contribution in [0.4, 0.5) is 0 Å². The largest absolute Gasteiger partial charge is 0.494 e. The molecule has 1 aromatic carbocycles. The Morgan fingerprint density at radius 3 is 2.26 bits per heavy atom. The molecule has 1 rings (SSSR count). The van der Waals surface area contributed by atoms with Crippen molar-refractivity contribution in [3.8, 4) is 5.75 Å². The minimum absolute atomic E-state index is 0.00800. The summed E-state index contributed by atoms with van der Waals surface area (Å²) in [6, 6.07) is 5.91. The summed E-state index contributed by atoms with van der Waals surface area (Å²) in [4.78, 5) is 33.9. The molecule has 0 spiro atoms. The molecule has 1 atom stereocenters. The van der Waals surface area contributed by atoms with Gasteiger partial charge >= 0.3 is 5.97 Å². The van der Waals surface area contributed by atoms with Crippen LogP contribution in [0.2, 0.25) is 0 Å². The Morgan fingerprint density at radius 2 is 1.78 bits per heavy atom. The lowest BCUT2D eigenvalue weighted by Crippen LogP contribution is -2.44. The smallest absolute Gasteiger partial charge is 0.326 e. The molecule has 0 bridgehead atoms. The van der Waals surface area contributed by atoms with Crippen LogP contribution < -0.4 is 10.1 Å². The monoisotopic (exact) mass is 321 g/mol. The van der Waals surface area contributed by atoms with Gasteiger partial charge in [-0.15, -0.1) is 0 Å². The van der Waals surface area contributed by atoms with Crippen molar-refractivity contribution >= 4 is 17.7 Å². The van der Waals surface area contributed by atoms with Crippen molar-refractivity contribution in [2.45, 2.75) is 39.7 Å². The van der Waals surface area contributed by atoms with E-state index in [1.165, 1.54) is 6.92 Å². The van der Waals surface area contributed by atoms with E-state index in [0.717, 1.165) is 0 Å². The van der Waals surface area contributed by atoms with Crippen molar-refractivity contribution in [3.05, 3.63) is 29.8 Å². The first-order chi connectivity index (χ1) is 10.8. The average molecular weight is 321 g/mol. The third kappa shape index (κ3) is 6.50. The normalized spacial score (nSPS) is 11.8. The van der Waals surface area contributed by atoms with Gasteiger partial charge in [-0.3, -0.25) is 9.59 Å². The molecule has 0 heterocycles. The molecule has 0 saturated carbocycles. The van der Waals surface area contributed by atoms with E-state index in [0.29, 0.717) is 24.3 Å². The number of ether oxygens (including phenoxy) is 1. The van der Waals surface area contributed by atoms with E-state index in [1.807, 2.05) is 0 Å². The number of carbonyl (C=O) groups excluding carboxylic acids is 2. The first-order valence-electron chi connectivity index (χ1n) is 7.57. The Bertz CT molecular complexity index is 551. The molecule has 6 heteroatoms. The van der Waals surface area contributed by atoms with Crippen molar-refractivity contribution < 1.29 is 24.2 Å². The lowest BCUT2D eigenvalue weighted by molar-refractivity contribution is -0.143. The van der Waals surface area contributed by atoms with E-state index in [9.17, 15) is 14.4 Å². The van der Waals surface area contributed by atoms with Crippen molar-refractivity contribution in [2.75, 3.05) is 6.61 Å². The third-order valence-electron chi connectivity index (χ3n) is 3.33. The quantitative estimate of drug-likeness (QED) is 0.537. The molecule has 126 valence electrons. The highest BCUT2D eigenvalue weighted by molar-refractivity contribution is 5.94. The van der Waals surface area contributed by atoms with Crippen molar-refractivity contribution in [2.24, 2.45) is 5.92 Å². The van der Waals surface area contributed by atoms with Crippen LogP contribution in [0.15, 0.2) is 24.3 Å². The highest BCUT2D eigenvalue weighted by Crippen LogP contribution is 2.13. The second kappa shape index (κ2) is 8.92. The van der Waals surface area contributed by atoms with Gasteiger partial charge in [0.2, 0.25) is 5.91 Å². The van der Waals surface area contributed by atoms with Gasteiger partial charge in [0.25, 0.3) is 0 Å². The number of benzene rings is 1. The number of ketones is 1. The number of carbonyl (C=O) groups is 3. The van der Waals surface area contributed by atoms with Crippen molar-refractivity contribution in [3.63, 3.8) is 0 Å². The number of Topliss-reactive ketones (excluding diaryl/α,β-unsaturated/α-hetero) is 1. The molecule has 1 aromatic rings. The highest BCUT2D eigenvalue weighted by Gasteiger charge is 2.22. The summed E-state index contributed by atoms with van der Waals surface area (Å²) in [5, 5.41) is 11.5. The first-order valence-corrected chi connectivity index (χ1v) is 7.57. The van der Waals surface area contributed by atoms with Gasteiger partial charge in [-0.05, 0) is 43.5 Å². The van der Waals surface area contributed by atoms with Crippen molar-refractivity contribution in [1.82, 2.24) is 5.32 Å². The van der Waals surface area contributed by atoms with E-state index in [2.05, 4.69) is 5.32 Å². The molecule has 0 aliphatic rings. The lowest BCUT2D eigenvalue weighted by atomic mass is 10.0. The molecule has 0 unspecified atom stereocenters. The van der Waals surface area contributed by atoms with Crippen LogP contribution in [-0.2, 0) is 9.59 Å². The predicted octanol–water partition coefficient (Wildman–Crippen LogP) is 2.27. The number of aliphatic carboxylic acids is 1. The minimum Gasteiger partial charge on any atom is -0.494 e. The van der Waals surface area contributed by atoms with Gasteiger partial charge in [-0.2, -0.15) is 0 Å². The Labute approximate surface area is 135 Å². The number of nitrogens with one attached hydrogen (secondary N) is 1. The summed E-state index contributed by atoms with van der Waals surface area (Å²) < 4.78 is 5.48. The van der Waals surface area contributed by atoms with Gasteiger partial charge in [0.05, 0.1) is 6.61 Å². The molecule has 0 saturated heterocycles. The maximum atomic E-state index is 11.7. The van der Waals surface area contributed by atoms with Crippen LogP contribution in [0.25, 0.3) is 0 Å². The molecule has 0 fully saturated rings. The Balaban J connectivity index is 2.32. The molecule has 0 aliphatic heterocycles. The molecule has 23 heavy (non-hydrogen) atoms. The lowest BCUT2D eigenvalue weighted by Gasteiger charge is -2.17. The minimum atomic E-state index is -1.03. The standard InChI is InChI=1S/C17H23NO5/c1-11(2)16(17(21)22)18-15(20)5-4-10-23-14-8-6-13(7-9-14)12(3)19/h6-9,11,16H,4-5,10H2,1-3H3,(H,18,20)(H,21,22)/t16-/m0/s1. The second-order valence-electron chi connectivity index (χ2n) is 5.66. The van der Waals surface area contributed by atoms with Crippen LogP contribution >= 0.6 is 0 Å². The van der Waals surface area contributed by atoms with Crippen LogP contribution in [0.3, 0.4) is 0 Å². The van der Waals surface area contributed by atoms with Crippen LogP contribution in [0.5, 0.6) is 5.75 Å². The summed E-state index contributed by atoms with van der Waals surface area (Å²) in [6.45, 7) is 5.32. The SMILES string of the molecule is CC(=O)c1ccc(OCCCC(=O)N[C@H](C(=O)O)C(C)C)cc1. The zero-order valence-corrected chi connectivity index (χ0v) is 13.7. The maximum Gasteiger partial charge on any atom is 0.326 e. The number of amides is 1. The Hall–Kier alpha value is -2.37. The molecule has 2 N–H and O–H groups in total. The Morgan fingerprint density at radius 1 is 1.17 bits per heavy atom. The highest BCUT2D eigenvalue weighted by atomic mass is 16.5. The first kappa shape index (κ1) is 18.7. The summed E-state index contributed by atoms with van der Waals surface area (Å²) >= 11 is 0. The molecule has 6 nitrogen and oxygen atoms in total. The van der Waals surface area contributed by atoms with E-state index in [4.69, 9.17) is 9.84 Å². The number of hydrogen-bond donors (Lipinski definition) is 2. The third-order valence-corrected chi connectivity index (χ3v) is 3.33. The average Bonchev–Trinajstić information content (AvgIpc) is 2.49. The molecular formula is C17H23NO5. The topological polar surface area (TPSA) is 92.7 Å². The fourth-order valence-corrected chi connectivity index (χ4v) is 1.97. The van der Waals surface area contributed by atoms with Crippen LogP contribution in [0.1, 0.15) is 44.0 Å². The number of carboxylic acids is 1. The molecule has 0 aliphatic carbocycles. The van der Waals surface area contributed by atoms with Gasteiger partial charge in [0.15, 0.2) is 5.78 Å². The van der Waals surface area contributed by atoms with E-state index in [1.54, 1.807) is 38.1 Å². The van der Waals surface area contributed by atoms with E-state index in [-0.39, 0.29) is 24.0 Å². The van der Waals surface area contributed by atoms with Gasteiger partial charge in [-0.25, -0.2) is 4.79 Å². The van der Waals surface area contributed by atoms with Crippen molar-refractivity contribution in [1.29, 1.82) is 0 Å². The number of rotatable bonds is 9. The summed E-state index contributed by atoms with van der Waals surface area (Å²) in [7, 11) is 0. The second-order valence-corrected chi connectivity index (χ2v) is 5.66. The number of hydrogen-bond acceptors (Lipinski definition) is 4. The summed E-state index contributed by atoms with van der Waals surface area (Å²) in [5.41, 5.74) is 0.616. The van der Waals surface area contributed by atoms with Crippen LogP contribution in [-0.4, -0.2) is 35.4 Å². The van der Waals surface area contributed by atoms with Crippen LogP contribution in [0, 0.1) is 5.92 Å². The molecule has 0 radical (unpaired) electrons. The van der Waals surface area contributed by atoms with Gasteiger partial charge in [0.1, 0.15) is 11.8 Å². The molecular weight excluding hydrogens is 298 g/mol. The van der Waals surface area contributed by atoms with E-state index >= 15 is 0 Å². The fraction of sp³-hybridized carbons (Fsp3) is 0.471. The van der Waals surface area contributed by atoms with Gasteiger partial charge < -0.3 is 15.2 Å². The zero-order chi connectivity index (χ0) is 17.4. The molecule has 1 amide bonds. The number of carboxylic acid groups (broad SMARTS) is 1. The summed E-state index contributed by atoms with van der Waals surface area (Å²) in [5.74, 6) is -0.892. The van der Waals surface area contributed by atoms with Gasteiger partial charge in [-0.1, -0.05) is 13.8 Å². The fourth-order valence-electron chi connectivity index (χ4n) is 1.97. The van der Waals surface area contributed by atoms with E-state index < -0.39 is 12.0 Å². The Kier molecular flexibility index (Phi) is 7.25.